The molecule has 0 spiro atoms. The third-order valence-electron chi connectivity index (χ3n) is 5.17. The van der Waals surface area contributed by atoms with Gasteiger partial charge in [-0.1, -0.05) is 36.4 Å². The smallest absolute Gasteiger partial charge is 0.330 e. The number of carbonyl (C=O) groups excluding carboxylic acids is 1. The molecule has 1 amide bonds. The summed E-state index contributed by atoms with van der Waals surface area (Å²) in [5.41, 5.74) is 1.96. The van der Waals surface area contributed by atoms with Gasteiger partial charge in [-0.15, -0.1) is 11.3 Å². The molecule has 0 fully saturated rings. The highest BCUT2D eigenvalue weighted by atomic mass is 32.1. The molecule has 32 heavy (non-hydrogen) atoms. The Hall–Kier alpha value is -3.91. The maximum absolute atomic E-state index is 12.6. The van der Waals surface area contributed by atoms with Gasteiger partial charge in [-0.2, -0.15) is 0 Å². The van der Waals surface area contributed by atoms with Crippen LogP contribution in [0.4, 0.5) is 0 Å². The van der Waals surface area contributed by atoms with Crippen molar-refractivity contribution in [2.75, 3.05) is 6.79 Å². The van der Waals surface area contributed by atoms with Crippen molar-refractivity contribution in [3.8, 4) is 22.1 Å². The fourth-order valence-corrected chi connectivity index (χ4v) is 4.42. The van der Waals surface area contributed by atoms with Crippen LogP contribution in [-0.4, -0.2) is 28.8 Å². The van der Waals surface area contributed by atoms with Gasteiger partial charge in [0.05, 0.1) is 12.1 Å². The van der Waals surface area contributed by atoms with Crippen LogP contribution in [0.1, 0.15) is 17.3 Å². The van der Waals surface area contributed by atoms with Crippen LogP contribution < -0.4 is 14.8 Å². The molecule has 7 nitrogen and oxygen atoms in total. The molecule has 2 heterocycles. The number of nitrogens with one attached hydrogen (secondary N) is 1. The Labute approximate surface area is 187 Å². The minimum Gasteiger partial charge on any atom is -0.479 e. The van der Waals surface area contributed by atoms with E-state index in [1.807, 2.05) is 48.5 Å². The van der Waals surface area contributed by atoms with Crippen molar-refractivity contribution >= 4 is 34.0 Å². The monoisotopic (exact) mass is 446 g/mol. The highest BCUT2D eigenvalue weighted by molar-refractivity contribution is 7.13. The molecule has 0 saturated heterocycles. The number of amides is 1. The van der Waals surface area contributed by atoms with Gasteiger partial charge in [-0.3, -0.25) is 4.79 Å². The van der Waals surface area contributed by atoms with Gasteiger partial charge < -0.3 is 19.9 Å². The molecule has 5 rings (SSSR count). The topological polar surface area (TPSA) is 97.8 Å². The van der Waals surface area contributed by atoms with Gasteiger partial charge in [0.15, 0.2) is 17.5 Å². The lowest BCUT2D eigenvalue weighted by molar-refractivity contribution is -0.142. The first-order valence-corrected chi connectivity index (χ1v) is 10.8. The molecule has 4 aromatic rings. The van der Waals surface area contributed by atoms with Crippen LogP contribution in [0, 0.1) is 0 Å². The van der Waals surface area contributed by atoms with Gasteiger partial charge in [0.1, 0.15) is 5.01 Å². The second-order valence-corrected chi connectivity index (χ2v) is 8.19. The zero-order valence-corrected chi connectivity index (χ0v) is 17.6. The standard InChI is InChI=1S/C24H18N2O5S/c27-21(26-22(24(28)29)16-6-5-14-3-1-2-4-15(14)9-16)11-18-12-32-23(25-18)17-7-8-19-20(10-17)31-13-30-19/h1-10,12,22H,11,13H2,(H,26,27)(H,28,29). The van der Waals surface area contributed by atoms with Crippen LogP contribution in [0.25, 0.3) is 21.3 Å². The van der Waals surface area contributed by atoms with E-state index in [0.29, 0.717) is 22.8 Å². The van der Waals surface area contributed by atoms with Crippen molar-refractivity contribution in [3.05, 3.63) is 77.3 Å². The Balaban J connectivity index is 1.30. The van der Waals surface area contributed by atoms with Gasteiger partial charge in [0.2, 0.25) is 12.7 Å². The number of carboxylic acid groups (broad SMARTS) is 1. The minimum atomic E-state index is -1.14. The van der Waals surface area contributed by atoms with E-state index >= 15 is 0 Å². The predicted molar refractivity (Wildman–Crippen MR) is 120 cm³/mol. The number of carboxylic acids is 1. The summed E-state index contributed by atoms with van der Waals surface area (Å²) in [7, 11) is 0. The zero-order valence-electron chi connectivity index (χ0n) is 16.8. The lowest BCUT2D eigenvalue weighted by Crippen LogP contribution is -2.34. The van der Waals surface area contributed by atoms with Crippen LogP contribution in [0.5, 0.6) is 11.5 Å². The largest absolute Gasteiger partial charge is 0.479 e. The summed E-state index contributed by atoms with van der Waals surface area (Å²) < 4.78 is 10.7. The normalized spacial score (nSPS) is 13.1. The van der Waals surface area contributed by atoms with Gasteiger partial charge in [-0.05, 0) is 40.6 Å². The summed E-state index contributed by atoms with van der Waals surface area (Å²) >= 11 is 1.41. The van der Waals surface area contributed by atoms with Crippen molar-refractivity contribution in [2.24, 2.45) is 0 Å². The fourth-order valence-electron chi connectivity index (χ4n) is 3.60. The molecule has 1 unspecified atom stereocenters. The van der Waals surface area contributed by atoms with E-state index in [9.17, 15) is 14.7 Å². The van der Waals surface area contributed by atoms with E-state index < -0.39 is 17.9 Å². The second kappa shape index (κ2) is 8.32. The Morgan fingerprint density at radius 2 is 1.84 bits per heavy atom. The maximum Gasteiger partial charge on any atom is 0.330 e. The minimum absolute atomic E-state index is 0.0155. The molecule has 0 saturated carbocycles. The van der Waals surface area contributed by atoms with Crippen molar-refractivity contribution < 1.29 is 24.2 Å². The van der Waals surface area contributed by atoms with Crippen molar-refractivity contribution in [1.29, 1.82) is 0 Å². The number of aromatic nitrogens is 1. The predicted octanol–water partition coefficient (Wildman–Crippen LogP) is 4.18. The molecular weight excluding hydrogens is 428 g/mol. The molecule has 1 atom stereocenters. The Morgan fingerprint density at radius 3 is 2.69 bits per heavy atom. The van der Waals surface area contributed by atoms with Crippen LogP contribution >= 0.6 is 11.3 Å². The highest BCUT2D eigenvalue weighted by Gasteiger charge is 2.23. The number of aliphatic carboxylic acids is 1. The van der Waals surface area contributed by atoms with E-state index in [4.69, 9.17) is 9.47 Å². The molecule has 8 heteroatoms. The molecule has 0 bridgehead atoms. The zero-order chi connectivity index (χ0) is 22.1. The van der Waals surface area contributed by atoms with Gasteiger partial charge in [0, 0.05) is 10.9 Å². The Kier molecular flexibility index (Phi) is 5.20. The summed E-state index contributed by atoms with van der Waals surface area (Å²) in [5.74, 6) is -0.170. The molecule has 0 radical (unpaired) electrons. The van der Waals surface area contributed by atoms with Crippen LogP contribution in [0.2, 0.25) is 0 Å². The van der Waals surface area contributed by atoms with E-state index in [1.54, 1.807) is 17.5 Å². The summed E-state index contributed by atoms with van der Waals surface area (Å²) in [6, 6.07) is 17.5. The van der Waals surface area contributed by atoms with Gasteiger partial charge in [-0.25, -0.2) is 9.78 Å². The first-order chi connectivity index (χ1) is 15.6. The van der Waals surface area contributed by atoms with E-state index in [2.05, 4.69) is 10.3 Å². The van der Waals surface area contributed by atoms with Crippen LogP contribution in [-0.2, 0) is 16.0 Å². The number of hydrogen-bond donors (Lipinski definition) is 2. The van der Waals surface area contributed by atoms with Gasteiger partial charge >= 0.3 is 5.97 Å². The summed E-state index contributed by atoms with van der Waals surface area (Å²) in [5, 5.41) is 16.8. The Morgan fingerprint density at radius 1 is 1.03 bits per heavy atom. The first-order valence-electron chi connectivity index (χ1n) is 9.92. The number of fused-ring (bicyclic) bond motifs is 2. The van der Waals surface area contributed by atoms with E-state index in [-0.39, 0.29) is 13.2 Å². The molecule has 1 aliphatic heterocycles. The van der Waals surface area contributed by atoms with Crippen LogP contribution in [0.3, 0.4) is 0 Å². The summed E-state index contributed by atoms with van der Waals surface area (Å²) in [6.07, 6.45) is -0.0155. The lowest BCUT2D eigenvalue weighted by atomic mass is 10.0. The SMILES string of the molecule is O=C(Cc1csc(-c2ccc3c(c2)OCO3)n1)NC(C(=O)O)c1ccc2ccccc2c1. The highest BCUT2D eigenvalue weighted by Crippen LogP contribution is 2.36. The lowest BCUT2D eigenvalue weighted by Gasteiger charge is -2.15. The molecule has 2 N–H and O–H groups in total. The maximum atomic E-state index is 12.6. The summed E-state index contributed by atoms with van der Waals surface area (Å²) in [6.45, 7) is 0.198. The number of nitrogens with zero attached hydrogens (tertiary/aromatic N) is 1. The number of rotatable bonds is 6. The second-order valence-electron chi connectivity index (χ2n) is 7.33. The number of thiazole rings is 1. The quantitative estimate of drug-likeness (QED) is 0.461. The molecule has 3 aromatic carbocycles. The van der Waals surface area contributed by atoms with E-state index in [0.717, 1.165) is 21.3 Å². The number of ether oxygens (including phenoxy) is 2. The first kappa shape index (κ1) is 20.0. The molecule has 0 aliphatic carbocycles. The third kappa shape index (κ3) is 4.00. The fraction of sp³-hybridized carbons (Fsp3) is 0.125. The molecule has 160 valence electrons. The molecule has 1 aliphatic rings. The molecular formula is C24H18N2O5S. The number of hydrogen-bond acceptors (Lipinski definition) is 6. The van der Waals surface area contributed by atoms with E-state index in [1.165, 1.54) is 11.3 Å². The average Bonchev–Trinajstić information content (AvgIpc) is 3.46. The molecule has 1 aromatic heterocycles. The average molecular weight is 446 g/mol. The van der Waals surface area contributed by atoms with Crippen LogP contribution in [0.15, 0.2) is 66.0 Å². The Bertz CT molecular complexity index is 1330. The van der Waals surface area contributed by atoms with Crippen molar-refractivity contribution in [1.82, 2.24) is 10.3 Å². The number of benzene rings is 3. The number of carbonyl (C=O) groups is 2. The van der Waals surface area contributed by atoms with Crippen molar-refractivity contribution in [2.45, 2.75) is 12.5 Å². The van der Waals surface area contributed by atoms with Crippen molar-refractivity contribution in [3.63, 3.8) is 0 Å². The third-order valence-corrected chi connectivity index (χ3v) is 6.11. The summed E-state index contributed by atoms with van der Waals surface area (Å²) in [4.78, 5) is 29.0. The van der Waals surface area contributed by atoms with Gasteiger partial charge in [0.25, 0.3) is 0 Å².